The summed E-state index contributed by atoms with van der Waals surface area (Å²) in [6.07, 6.45) is 1.89. The van der Waals surface area contributed by atoms with Gasteiger partial charge in [-0.2, -0.15) is 0 Å². The second kappa shape index (κ2) is 5.32. The van der Waals surface area contributed by atoms with Gasteiger partial charge >= 0.3 is 11.7 Å². The van der Waals surface area contributed by atoms with Crippen molar-refractivity contribution in [3.05, 3.63) is 26.7 Å². The molecule has 0 aliphatic rings. The average Bonchev–Trinajstić information content (AvgIpc) is 2.70. The molecule has 0 aromatic carbocycles. The zero-order chi connectivity index (χ0) is 14.9. The summed E-state index contributed by atoms with van der Waals surface area (Å²) in [4.78, 5) is 40.3. The summed E-state index contributed by atoms with van der Waals surface area (Å²) in [7, 11) is 3.25. The van der Waals surface area contributed by atoms with E-state index < -0.39 is 17.2 Å². The number of aliphatic carboxylic acids is 1. The quantitative estimate of drug-likeness (QED) is 0.734. The van der Waals surface area contributed by atoms with Crippen LogP contribution in [0, 0.1) is 0 Å². The minimum Gasteiger partial charge on any atom is -0.481 e. The lowest BCUT2D eigenvalue weighted by Crippen LogP contribution is -2.29. The van der Waals surface area contributed by atoms with E-state index in [1.807, 2.05) is 0 Å². The van der Waals surface area contributed by atoms with Crippen molar-refractivity contribution >= 4 is 17.1 Å². The molecule has 0 saturated carbocycles. The highest BCUT2D eigenvalue weighted by atomic mass is 16.4. The molecule has 2 aromatic rings. The number of aryl methyl sites for hydroxylation is 3. The third kappa shape index (κ3) is 2.49. The number of unbranched alkanes of at least 4 members (excludes halogenated alkanes) is 1. The Morgan fingerprint density at radius 1 is 1.25 bits per heavy atom. The number of aromatic nitrogens is 4. The molecule has 2 N–H and O–H groups in total. The average molecular weight is 280 g/mol. The fourth-order valence-electron chi connectivity index (χ4n) is 2.14. The fourth-order valence-corrected chi connectivity index (χ4v) is 2.14. The van der Waals surface area contributed by atoms with Gasteiger partial charge in [0.15, 0.2) is 11.2 Å². The van der Waals surface area contributed by atoms with Gasteiger partial charge in [0, 0.05) is 26.9 Å². The van der Waals surface area contributed by atoms with Crippen LogP contribution in [-0.4, -0.2) is 30.2 Å². The summed E-state index contributed by atoms with van der Waals surface area (Å²) in [5, 5.41) is 8.58. The first kappa shape index (κ1) is 14.0. The third-order valence-electron chi connectivity index (χ3n) is 3.27. The monoisotopic (exact) mass is 280 g/mol. The summed E-state index contributed by atoms with van der Waals surface area (Å²) < 4.78 is 2.94. The second-order valence-corrected chi connectivity index (χ2v) is 4.68. The van der Waals surface area contributed by atoms with E-state index in [9.17, 15) is 14.4 Å². The lowest BCUT2D eigenvalue weighted by atomic mass is 10.2. The van der Waals surface area contributed by atoms with Crippen LogP contribution in [0.15, 0.2) is 9.59 Å². The minimum absolute atomic E-state index is 0.114. The SMILES string of the molecule is Cn1c(CCCCC(=O)O)nc2c1c(=O)[nH]c(=O)n2C. The molecule has 8 nitrogen and oxygen atoms in total. The van der Waals surface area contributed by atoms with Gasteiger partial charge in [0.05, 0.1) is 0 Å². The maximum atomic E-state index is 11.8. The third-order valence-corrected chi connectivity index (χ3v) is 3.27. The fraction of sp³-hybridized carbons (Fsp3) is 0.500. The highest BCUT2D eigenvalue weighted by Gasteiger charge is 2.14. The van der Waals surface area contributed by atoms with Gasteiger partial charge in [0.2, 0.25) is 0 Å². The van der Waals surface area contributed by atoms with Crippen LogP contribution in [0.1, 0.15) is 25.1 Å². The Labute approximate surface area is 113 Å². The van der Waals surface area contributed by atoms with Crippen LogP contribution >= 0.6 is 0 Å². The van der Waals surface area contributed by atoms with Gasteiger partial charge in [-0.15, -0.1) is 0 Å². The Kier molecular flexibility index (Phi) is 3.73. The maximum Gasteiger partial charge on any atom is 0.329 e. The number of aromatic amines is 1. The molecular formula is C12H16N4O4. The smallest absolute Gasteiger partial charge is 0.329 e. The molecule has 8 heteroatoms. The maximum absolute atomic E-state index is 11.8. The van der Waals surface area contributed by atoms with E-state index in [1.54, 1.807) is 18.7 Å². The molecule has 2 heterocycles. The predicted molar refractivity (Wildman–Crippen MR) is 71.8 cm³/mol. The number of imidazole rings is 1. The standard InChI is InChI=1S/C12H16N4O4/c1-15-7(5-3-4-6-8(17)18)13-10-9(15)11(19)14-12(20)16(10)2/h3-6H2,1-2H3,(H,17,18)(H,14,19,20). The second-order valence-electron chi connectivity index (χ2n) is 4.68. The molecule has 0 atom stereocenters. The van der Waals surface area contributed by atoms with Gasteiger partial charge in [0.1, 0.15) is 5.82 Å². The van der Waals surface area contributed by atoms with E-state index in [2.05, 4.69) is 9.97 Å². The molecule has 0 saturated heterocycles. The van der Waals surface area contributed by atoms with Crippen molar-refractivity contribution < 1.29 is 9.90 Å². The first-order chi connectivity index (χ1) is 9.41. The molecule has 108 valence electrons. The van der Waals surface area contributed by atoms with Crippen molar-refractivity contribution in [1.82, 2.24) is 19.1 Å². The van der Waals surface area contributed by atoms with E-state index in [0.717, 1.165) is 0 Å². The van der Waals surface area contributed by atoms with Crippen molar-refractivity contribution in [3.63, 3.8) is 0 Å². The summed E-state index contributed by atoms with van der Waals surface area (Å²) in [6, 6.07) is 0. The van der Waals surface area contributed by atoms with E-state index in [-0.39, 0.29) is 6.42 Å². The summed E-state index contributed by atoms with van der Waals surface area (Å²) in [5.74, 6) is -0.161. The molecule has 0 bridgehead atoms. The molecule has 20 heavy (non-hydrogen) atoms. The number of carbonyl (C=O) groups is 1. The molecule has 0 unspecified atom stereocenters. The Morgan fingerprint density at radius 2 is 1.95 bits per heavy atom. The minimum atomic E-state index is -0.825. The summed E-state index contributed by atoms with van der Waals surface area (Å²) >= 11 is 0. The van der Waals surface area contributed by atoms with Crippen molar-refractivity contribution in [2.45, 2.75) is 25.7 Å². The van der Waals surface area contributed by atoms with Gasteiger partial charge in [0.25, 0.3) is 5.56 Å². The Bertz CT molecular complexity index is 768. The zero-order valence-electron chi connectivity index (χ0n) is 11.3. The van der Waals surface area contributed by atoms with Crippen molar-refractivity contribution in [2.75, 3.05) is 0 Å². The van der Waals surface area contributed by atoms with E-state index in [0.29, 0.717) is 36.3 Å². The van der Waals surface area contributed by atoms with Crippen LogP contribution in [-0.2, 0) is 25.3 Å². The molecular weight excluding hydrogens is 264 g/mol. The number of nitrogens with zero attached hydrogens (tertiary/aromatic N) is 3. The Morgan fingerprint density at radius 3 is 2.60 bits per heavy atom. The normalized spacial score (nSPS) is 11.1. The number of carboxylic acids is 1. The lowest BCUT2D eigenvalue weighted by Gasteiger charge is -2.01. The molecule has 0 spiro atoms. The molecule has 0 fully saturated rings. The van der Waals surface area contributed by atoms with Crippen LogP contribution in [0.5, 0.6) is 0 Å². The Hall–Kier alpha value is -2.38. The van der Waals surface area contributed by atoms with Crippen LogP contribution in [0.3, 0.4) is 0 Å². The van der Waals surface area contributed by atoms with Gasteiger partial charge < -0.3 is 9.67 Å². The lowest BCUT2D eigenvalue weighted by molar-refractivity contribution is -0.137. The van der Waals surface area contributed by atoms with Crippen molar-refractivity contribution in [3.8, 4) is 0 Å². The van der Waals surface area contributed by atoms with E-state index in [1.165, 1.54) is 4.57 Å². The first-order valence-electron chi connectivity index (χ1n) is 6.28. The molecule has 0 amide bonds. The van der Waals surface area contributed by atoms with Crippen molar-refractivity contribution in [2.24, 2.45) is 14.1 Å². The molecule has 0 aliphatic carbocycles. The Balaban J connectivity index is 2.32. The van der Waals surface area contributed by atoms with Gasteiger partial charge in [-0.3, -0.25) is 19.1 Å². The van der Waals surface area contributed by atoms with Crippen LogP contribution in [0.4, 0.5) is 0 Å². The van der Waals surface area contributed by atoms with Gasteiger partial charge in [-0.25, -0.2) is 9.78 Å². The highest BCUT2D eigenvalue weighted by molar-refractivity contribution is 5.70. The molecule has 0 radical (unpaired) electrons. The number of carboxylic acid groups (broad SMARTS) is 1. The predicted octanol–water partition coefficient (Wildman–Crippen LogP) is -0.242. The number of hydrogen-bond donors (Lipinski definition) is 2. The highest BCUT2D eigenvalue weighted by Crippen LogP contribution is 2.11. The van der Waals surface area contributed by atoms with Crippen LogP contribution in [0.2, 0.25) is 0 Å². The van der Waals surface area contributed by atoms with Crippen LogP contribution in [0.25, 0.3) is 11.2 Å². The number of rotatable bonds is 5. The van der Waals surface area contributed by atoms with Crippen LogP contribution < -0.4 is 11.2 Å². The van der Waals surface area contributed by atoms with Gasteiger partial charge in [-0.05, 0) is 12.8 Å². The first-order valence-corrected chi connectivity index (χ1v) is 6.28. The van der Waals surface area contributed by atoms with Crippen molar-refractivity contribution in [1.29, 1.82) is 0 Å². The number of hydrogen-bond acceptors (Lipinski definition) is 4. The summed E-state index contributed by atoms with van der Waals surface area (Å²) in [6.45, 7) is 0. The molecule has 2 rings (SSSR count). The molecule has 0 aliphatic heterocycles. The molecule has 2 aromatic heterocycles. The number of fused-ring (bicyclic) bond motifs is 1. The number of nitrogens with one attached hydrogen (secondary N) is 1. The topological polar surface area (TPSA) is 110 Å². The number of H-pyrrole nitrogens is 1. The summed E-state index contributed by atoms with van der Waals surface area (Å²) in [5.41, 5.74) is -0.275. The van der Waals surface area contributed by atoms with E-state index in [4.69, 9.17) is 5.11 Å². The van der Waals surface area contributed by atoms with Gasteiger partial charge in [-0.1, -0.05) is 0 Å². The zero-order valence-corrected chi connectivity index (χ0v) is 11.3. The largest absolute Gasteiger partial charge is 0.481 e. The van der Waals surface area contributed by atoms with E-state index >= 15 is 0 Å².